The van der Waals surface area contributed by atoms with Crippen LogP contribution in [0.4, 0.5) is 0 Å². The summed E-state index contributed by atoms with van der Waals surface area (Å²) in [5.41, 5.74) is 0. The number of hydrogen-bond acceptors (Lipinski definition) is 3. The number of amides is 1. The topological polar surface area (TPSA) is 46.6 Å². The fraction of sp³-hybridized carbons (Fsp3) is 0.571. The van der Waals surface area contributed by atoms with Gasteiger partial charge in [0.15, 0.2) is 0 Å². The van der Waals surface area contributed by atoms with Gasteiger partial charge in [-0.25, -0.2) is 4.79 Å². The molecule has 1 amide bonds. The van der Waals surface area contributed by atoms with E-state index in [0.29, 0.717) is 25.7 Å². The van der Waals surface area contributed by atoms with Gasteiger partial charge < -0.3 is 9.64 Å². The molecule has 0 unspecified atom stereocenters. The SMILES string of the molecule is C=CCCC(=O)N1[C@@H](CC=C)CC[C@H]1C(=O)OC. The van der Waals surface area contributed by atoms with Crippen LogP contribution in [0.2, 0.25) is 0 Å². The van der Waals surface area contributed by atoms with Crippen molar-refractivity contribution < 1.29 is 14.3 Å². The largest absolute Gasteiger partial charge is 0.467 e. The maximum absolute atomic E-state index is 12.2. The summed E-state index contributed by atoms with van der Waals surface area (Å²) in [6.45, 7) is 7.31. The first-order chi connectivity index (χ1) is 8.65. The summed E-state index contributed by atoms with van der Waals surface area (Å²) in [5.74, 6) is -0.330. The molecule has 0 N–H and O–H groups in total. The van der Waals surface area contributed by atoms with Crippen molar-refractivity contribution in [3.8, 4) is 0 Å². The molecule has 1 heterocycles. The molecule has 1 rings (SSSR count). The third-order valence-electron chi connectivity index (χ3n) is 3.26. The summed E-state index contributed by atoms with van der Waals surface area (Å²) in [6.07, 6.45) is 6.74. The Labute approximate surface area is 108 Å². The smallest absolute Gasteiger partial charge is 0.328 e. The molecular formula is C14H21NO3. The highest BCUT2D eigenvalue weighted by Crippen LogP contribution is 2.28. The number of allylic oxidation sites excluding steroid dienone is 1. The first kappa shape index (κ1) is 14.5. The van der Waals surface area contributed by atoms with Crippen LogP contribution < -0.4 is 0 Å². The molecule has 0 aromatic heterocycles. The summed E-state index contributed by atoms with van der Waals surface area (Å²) in [5, 5.41) is 0. The average molecular weight is 251 g/mol. The standard InChI is InChI=1S/C14H21NO3/c1-4-6-8-13(16)15-11(7-5-2)9-10-12(15)14(17)18-3/h4-5,11-12H,1-2,6-10H2,3H3/t11-,12-/m0/s1. The van der Waals surface area contributed by atoms with E-state index in [-0.39, 0.29) is 17.9 Å². The number of nitrogens with zero attached hydrogens (tertiary/aromatic N) is 1. The minimum absolute atomic E-state index is 0.00495. The number of likely N-dealkylation sites (tertiary alicyclic amines) is 1. The lowest BCUT2D eigenvalue weighted by atomic mass is 10.1. The van der Waals surface area contributed by atoms with Crippen molar-refractivity contribution in [2.24, 2.45) is 0 Å². The van der Waals surface area contributed by atoms with E-state index < -0.39 is 6.04 Å². The number of carbonyl (C=O) groups excluding carboxylic acids is 2. The second-order valence-electron chi connectivity index (χ2n) is 4.42. The molecule has 100 valence electrons. The van der Waals surface area contributed by atoms with E-state index in [1.807, 2.05) is 0 Å². The summed E-state index contributed by atoms with van der Waals surface area (Å²) < 4.78 is 4.77. The minimum atomic E-state index is -0.433. The van der Waals surface area contributed by atoms with Crippen LogP contribution in [0.1, 0.15) is 32.1 Å². The molecule has 0 saturated carbocycles. The van der Waals surface area contributed by atoms with Gasteiger partial charge in [-0.3, -0.25) is 4.79 Å². The predicted octanol–water partition coefficient (Wildman–Crippen LogP) is 2.06. The Balaban J connectivity index is 2.80. The van der Waals surface area contributed by atoms with Gasteiger partial charge in [-0.2, -0.15) is 0 Å². The van der Waals surface area contributed by atoms with Gasteiger partial charge in [-0.05, 0) is 25.7 Å². The number of methoxy groups -OCH3 is 1. The highest BCUT2D eigenvalue weighted by molar-refractivity contribution is 5.85. The van der Waals surface area contributed by atoms with Gasteiger partial charge in [0, 0.05) is 12.5 Å². The zero-order valence-electron chi connectivity index (χ0n) is 10.9. The summed E-state index contributed by atoms with van der Waals surface area (Å²) >= 11 is 0. The molecule has 1 saturated heterocycles. The van der Waals surface area contributed by atoms with Crippen LogP contribution in [-0.2, 0) is 14.3 Å². The maximum Gasteiger partial charge on any atom is 0.328 e. The Kier molecular flexibility index (Phi) is 5.62. The monoisotopic (exact) mass is 251 g/mol. The zero-order valence-corrected chi connectivity index (χ0v) is 10.9. The summed E-state index contributed by atoms with van der Waals surface area (Å²) in [6, 6.07) is -0.360. The normalized spacial score (nSPS) is 22.6. The van der Waals surface area contributed by atoms with Gasteiger partial charge >= 0.3 is 5.97 Å². The molecule has 0 radical (unpaired) electrons. The predicted molar refractivity (Wildman–Crippen MR) is 69.9 cm³/mol. The number of ether oxygens (including phenoxy) is 1. The number of hydrogen-bond donors (Lipinski definition) is 0. The van der Waals surface area contributed by atoms with E-state index in [1.54, 1.807) is 17.1 Å². The Morgan fingerprint density at radius 3 is 2.61 bits per heavy atom. The van der Waals surface area contributed by atoms with Gasteiger partial charge in [-0.15, -0.1) is 13.2 Å². The van der Waals surface area contributed by atoms with Crippen LogP contribution in [0.25, 0.3) is 0 Å². The Bertz CT molecular complexity index is 338. The molecule has 4 nitrogen and oxygen atoms in total. The number of rotatable bonds is 6. The highest BCUT2D eigenvalue weighted by Gasteiger charge is 2.40. The molecule has 0 spiro atoms. The van der Waals surface area contributed by atoms with Crippen LogP contribution >= 0.6 is 0 Å². The second kappa shape index (κ2) is 6.99. The van der Waals surface area contributed by atoms with Gasteiger partial charge in [0.2, 0.25) is 5.91 Å². The van der Waals surface area contributed by atoms with Gasteiger partial charge in [0.1, 0.15) is 6.04 Å². The van der Waals surface area contributed by atoms with E-state index in [9.17, 15) is 9.59 Å². The van der Waals surface area contributed by atoms with Crippen LogP contribution in [0.3, 0.4) is 0 Å². The van der Waals surface area contributed by atoms with Crippen molar-refractivity contribution in [1.82, 2.24) is 4.90 Å². The van der Waals surface area contributed by atoms with Gasteiger partial charge in [-0.1, -0.05) is 12.2 Å². The van der Waals surface area contributed by atoms with Crippen molar-refractivity contribution in [2.75, 3.05) is 7.11 Å². The minimum Gasteiger partial charge on any atom is -0.467 e. The fourth-order valence-electron chi connectivity index (χ4n) is 2.41. The lowest BCUT2D eigenvalue weighted by Crippen LogP contribution is -2.45. The van der Waals surface area contributed by atoms with Crippen molar-refractivity contribution in [2.45, 2.75) is 44.2 Å². The number of carbonyl (C=O) groups is 2. The van der Waals surface area contributed by atoms with Crippen LogP contribution in [0.15, 0.2) is 25.3 Å². The van der Waals surface area contributed by atoms with Gasteiger partial charge in [0.25, 0.3) is 0 Å². The van der Waals surface area contributed by atoms with Crippen LogP contribution in [0.5, 0.6) is 0 Å². The Hall–Kier alpha value is -1.58. The Morgan fingerprint density at radius 2 is 2.06 bits per heavy atom. The quantitative estimate of drug-likeness (QED) is 0.536. The lowest BCUT2D eigenvalue weighted by Gasteiger charge is -2.28. The summed E-state index contributed by atoms with van der Waals surface area (Å²) in [4.78, 5) is 25.5. The Morgan fingerprint density at radius 1 is 1.33 bits per heavy atom. The molecule has 1 aliphatic heterocycles. The van der Waals surface area contributed by atoms with Crippen LogP contribution in [0, 0.1) is 0 Å². The van der Waals surface area contributed by atoms with E-state index in [0.717, 1.165) is 6.42 Å². The molecule has 4 heteroatoms. The van der Waals surface area contributed by atoms with E-state index >= 15 is 0 Å². The molecule has 2 atom stereocenters. The van der Waals surface area contributed by atoms with Gasteiger partial charge in [0.05, 0.1) is 7.11 Å². The zero-order chi connectivity index (χ0) is 13.5. The maximum atomic E-state index is 12.2. The average Bonchev–Trinajstić information content (AvgIpc) is 2.79. The highest BCUT2D eigenvalue weighted by atomic mass is 16.5. The van der Waals surface area contributed by atoms with E-state index in [1.165, 1.54) is 7.11 Å². The molecule has 18 heavy (non-hydrogen) atoms. The lowest BCUT2D eigenvalue weighted by molar-refractivity contribution is -0.152. The van der Waals surface area contributed by atoms with Crippen LogP contribution in [-0.4, -0.2) is 36.0 Å². The first-order valence-electron chi connectivity index (χ1n) is 6.26. The van der Waals surface area contributed by atoms with Crippen molar-refractivity contribution in [1.29, 1.82) is 0 Å². The molecule has 0 aromatic rings. The molecular weight excluding hydrogens is 230 g/mol. The molecule has 0 bridgehead atoms. The molecule has 1 fully saturated rings. The van der Waals surface area contributed by atoms with Crippen molar-refractivity contribution in [3.63, 3.8) is 0 Å². The number of esters is 1. The third-order valence-corrected chi connectivity index (χ3v) is 3.26. The molecule has 1 aliphatic rings. The second-order valence-corrected chi connectivity index (χ2v) is 4.42. The summed E-state index contributed by atoms with van der Waals surface area (Å²) in [7, 11) is 1.36. The molecule has 0 aliphatic carbocycles. The third kappa shape index (κ3) is 3.22. The first-order valence-corrected chi connectivity index (χ1v) is 6.26. The fourth-order valence-corrected chi connectivity index (χ4v) is 2.41. The van der Waals surface area contributed by atoms with Crippen molar-refractivity contribution in [3.05, 3.63) is 25.3 Å². The molecule has 0 aromatic carbocycles. The van der Waals surface area contributed by atoms with Crippen molar-refractivity contribution >= 4 is 11.9 Å². The van der Waals surface area contributed by atoms with E-state index in [2.05, 4.69) is 13.2 Å². The van der Waals surface area contributed by atoms with E-state index in [4.69, 9.17) is 4.74 Å².